The number of hydrogen-bond donors (Lipinski definition) is 0. The minimum absolute atomic E-state index is 0.167. The quantitative estimate of drug-likeness (QED) is 0.477. The van der Waals surface area contributed by atoms with Crippen molar-refractivity contribution in [1.29, 1.82) is 0 Å². The second-order valence-corrected chi connectivity index (χ2v) is 7.03. The molecule has 0 N–H and O–H groups in total. The fourth-order valence-corrected chi connectivity index (χ4v) is 3.80. The summed E-state index contributed by atoms with van der Waals surface area (Å²) < 4.78 is 22.7. The predicted molar refractivity (Wildman–Crippen MR) is 98.0 cm³/mol. The monoisotopic (exact) mass is 352 g/mol. The van der Waals surface area contributed by atoms with E-state index in [1.807, 2.05) is 22.9 Å². The molecule has 126 valence electrons. The number of rotatable bonds is 6. The van der Waals surface area contributed by atoms with Gasteiger partial charge in [-0.1, -0.05) is 30.3 Å². The first kappa shape index (κ1) is 16.0. The SMILES string of the molecule is Fc1ccc(C(Cn2ccnc2)OCc2cc3ccccc3s2)cc1. The molecular formula is C20H17FN2OS. The van der Waals surface area contributed by atoms with Crippen molar-refractivity contribution in [2.24, 2.45) is 0 Å². The average Bonchev–Trinajstić information content (AvgIpc) is 3.28. The van der Waals surface area contributed by atoms with Crippen LogP contribution in [0.25, 0.3) is 10.1 Å². The van der Waals surface area contributed by atoms with Gasteiger partial charge in [-0.3, -0.25) is 0 Å². The summed E-state index contributed by atoms with van der Waals surface area (Å²) in [6.07, 6.45) is 5.24. The summed E-state index contributed by atoms with van der Waals surface area (Å²) >= 11 is 1.74. The number of fused-ring (bicyclic) bond motifs is 1. The highest BCUT2D eigenvalue weighted by Gasteiger charge is 2.14. The normalized spacial score (nSPS) is 12.5. The first-order valence-corrected chi connectivity index (χ1v) is 8.90. The molecule has 1 atom stereocenters. The number of hydrogen-bond acceptors (Lipinski definition) is 3. The highest BCUT2D eigenvalue weighted by Crippen LogP contribution is 2.28. The van der Waals surface area contributed by atoms with Crippen molar-refractivity contribution in [3.63, 3.8) is 0 Å². The molecule has 4 aromatic rings. The van der Waals surface area contributed by atoms with E-state index in [-0.39, 0.29) is 11.9 Å². The van der Waals surface area contributed by atoms with Crippen LogP contribution in [-0.4, -0.2) is 9.55 Å². The van der Waals surface area contributed by atoms with Gasteiger partial charge in [0.05, 0.1) is 19.5 Å². The van der Waals surface area contributed by atoms with Crippen LogP contribution in [0.4, 0.5) is 4.39 Å². The Morgan fingerprint density at radius 2 is 1.96 bits per heavy atom. The number of halogens is 1. The number of benzene rings is 2. The lowest BCUT2D eigenvalue weighted by Crippen LogP contribution is -2.11. The number of ether oxygens (including phenoxy) is 1. The largest absolute Gasteiger partial charge is 0.366 e. The lowest BCUT2D eigenvalue weighted by molar-refractivity contribution is 0.0294. The van der Waals surface area contributed by atoms with Crippen molar-refractivity contribution in [2.75, 3.05) is 0 Å². The zero-order chi connectivity index (χ0) is 17.1. The van der Waals surface area contributed by atoms with Gasteiger partial charge in [0.2, 0.25) is 0 Å². The summed E-state index contributed by atoms with van der Waals surface area (Å²) in [5.41, 5.74) is 0.955. The molecule has 5 heteroatoms. The summed E-state index contributed by atoms with van der Waals surface area (Å²) in [5.74, 6) is -0.241. The third-order valence-electron chi connectivity index (χ3n) is 4.08. The van der Waals surface area contributed by atoms with Crippen LogP contribution < -0.4 is 0 Å². The van der Waals surface area contributed by atoms with Crippen molar-refractivity contribution >= 4 is 21.4 Å². The summed E-state index contributed by atoms with van der Waals surface area (Å²) in [5, 5.41) is 1.24. The second kappa shape index (κ2) is 7.17. The molecule has 2 heterocycles. The van der Waals surface area contributed by atoms with E-state index in [1.165, 1.54) is 27.1 Å². The van der Waals surface area contributed by atoms with Crippen LogP contribution in [-0.2, 0) is 17.9 Å². The molecule has 3 nitrogen and oxygen atoms in total. The van der Waals surface area contributed by atoms with Crippen LogP contribution in [0.15, 0.2) is 73.3 Å². The van der Waals surface area contributed by atoms with Gasteiger partial charge >= 0.3 is 0 Å². The highest BCUT2D eigenvalue weighted by atomic mass is 32.1. The molecule has 0 bridgehead atoms. The van der Waals surface area contributed by atoms with Gasteiger partial charge in [-0.15, -0.1) is 11.3 Å². The number of aromatic nitrogens is 2. The maximum absolute atomic E-state index is 13.2. The van der Waals surface area contributed by atoms with E-state index in [1.54, 1.807) is 36.0 Å². The molecule has 0 spiro atoms. The Balaban J connectivity index is 1.53. The fraction of sp³-hybridized carbons (Fsp3) is 0.150. The van der Waals surface area contributed by atoms with Gasteiger partial charge in [0.15, 0.2) is 0 Å². The molecule has 2 aromatic carbocycles. The Morgan fingerprint density at radius 1 is 1.12 bits per heavy atom. The van der Waals surface area contributed by atoms with Gasteiger partial charge in [0, 0.05) is 22.0 Å². The summed E-state index contributed by atoms with van der Waals surface area (Å²) in [6, 6.07) is 17.0. The molecule has 0 aliphatic heterocycles. The van der Waals surface area contributed by atoms with Crippen LogP contribution in [0.1, 0.15) is 16.5 Å². The van der Waals surface area contributed by atoms with Gasteiger partial charge in [0.1, 0.15) is 11.9 Å². The Labute approximate surface area is 149 Å². The Bertz CT molecular complexity index is 914. The molecule has 0 fully saturated rings. The summed E-state index contributed by atoms with van der Waals surface area (Å²) in [6.45, 7) is 1.16. The van der Waals surface area contributed by atoms with E-state index in [9.17, 15) is 4.39 Å². The number of imidazole rings is 1. The molecular weight excluding hydrogens is 335 g/mol. The van der Waals surface area contributed by atoms with Crippen molar-refractivity contribution in [2.45, 2.75) is 19.3 Å². The molecule has 0 aliphatic carbocycles. The van der Waals surface area contributed by atoms with Crippen LogP contribution in [0.3, 0.4) is 0 Å². The van der Waals surface area contributed by atoms with Crippen LogP contribution in [0.5, 0.6) is 0 Å². The number of thiophene rings is 1. The minimum Gasteiger partial charge on any atom is -0.366 e. The van der Waals surface area contributed by atoms with Crippen molar-refractivity contribution < 1.29 is 9.13 Å². The second-order valence-electron chi connectivity index (χ2n) is 5.86. The average molecular weight is 352 g/mol. The Hall–Kier alpha value is -2.50. The third kappa shape index (κ3) is 3.78. The van der Waals surface area contributed by atoms with E-state index in [4.69, 9.17) is 4.74 Å². The van der Waals surface area contributed by atoms with E-state index in [2.05, 4.69) is 23.2 Å². The maximum atomic E-state index is 13.2. The van der Waals surface area contributed by atoms with Crippen LogP contribution in [0, 0.1) is 5.82 Å². The minimum atomic E-state index is -0.241. The van der Waals surface area contributed by atoms with E-state index >= 15 is 0 Å². The standard InChI is InChI=1S/C20H17FN2OS/c21-17-7-5-15(6-8-17)19(12-23-10-9-22-14-23)24-13-18-11-16-3-1-2-4-20(16)25-18/h1-11,14,19H,12-13H2. The predicted octanol–water partition coefficient (Wildman–Crippen LogP) is 5.20. The topological polar surface area (TPSA) is 27.1 Å². The van der Waals surface area contributed by atoms with Crippen LogP contribution in [0.2, 0.25) is 0 Å². The number of nitrogens with zero attached hydrogens (tertiary/aromatic N) is 2. The summed E-state index contributed by atoms with van der Waals surface area (Å²) in [4.78, 5) is 5.26. The fourth-order valence-electron chi connectivity index (χ4n) is 2.81. The van der Waals surface area contributed by atoms with Gasteiger partial charge in [-0.2, -0.15) is 0 Å². The Morgan fingerprint density at radius 3 is 2.72 bits per heavy atom. The first-order valence-electron chi connectivity index (χ1n) is 8.08. The van der Waals surface area contributed by atoms with E-state index in [0.29, 0.717) is 13.2 Å². The Kier molecular flexibility index (Phi) is 4.59. The van der Waals surface area contributed by atoms with E-state index in [0.717, 1.165) is 5.56 Å². The zero-order valence-corrected chi connectivity index (χ0v) is 14.3. The summed E-state index contributed by atoms with van der Waals surface area (Å²) in [7, 11) is 0. The molecule has 1 unspecified atom stereocenters. The molecule has 2 aromatic heterocycles. The molecule has 0 radical (unpaired) electrons. The van der Waals surface area contributed by atoms with Crippen molar-refractivity contribution in [1.82, 2.24) is 9.55 Å². The van der Waals surface area contributed by atoms with E-state index < -0.39 is 0 Å². The molecule has 0 aliphatic rings. The van der Waals surface area contributed by atoms with Gasteiger partial charge < -0.3 is 9.30 Å². The van der Waals surface area contributed by atoms with Crippen molar-refractivity contribution in [3.8, 4) is 0 Å². The molecule has 25 heavy (non-hydrogen) atoms. The molecule has 4 rings (SSSR count). The first-order chi connectivity index (χ1) is 12.3. The third-order valence-corrected chi connectivity index (χ3v) is 5.17. The highest BCUT2D eigenvalue weighted by molar-refractivity contribution is 7.19. The van der Waals surface area contributed by atoms with Crippen LogP contribution >= 0.6 is 11.3 Å². The maximum Gasteiger partial charge on any atom is 0.123 e. The lowest BCUT2D eigenvalue weighted by Gasteiger charge is -2.18. The van der Waals surface area contributed by atoms with Crippen molar-refractivity contribution in [3.05, 3.63) is 89.6 Å². The molecule has 0 amide bonds. The smallest absolute Gasteiger partial charge is 0.123 e. The van der Waals surface area contributed by atoms with Gasteiger partial charge in [0.25, 0.3) is 0 Å². The molecule has 0 saturated heterocycles. The lowest BCUT2D eigenvalue weighted by atomic mass is 10.1. The zero-order valence-electron chi connectivity index (χ0n) is 13.5. The van der Waals surface area contributed by atoms with Gasteiger partial charge in [-0.05, 0) is 35.2 Å². The van der Waals surface area contributed by atoms with Gasteiger partial charge in [-0.25, -0.2) is 9.37 Å². The molecule has 0 saturated carbocycles.